The van der Waals surface area contributed by atoms with Crippen molar-refractivity contribution in [1.29, 1.82) is 0 Å². The predicted molar refractivity (Wildman–Crippen MR) is 84.2 cm³/mol. The van der Waals surface area contributed by atoms with Gasteiger partial charge in [0.1, 0.15) is 0 Å². The summed E-state index contributed by atoms with van der Waals surface area (Å²) < 4.78 is 32.8. The number of carbonyl (C=O) groups is 1. The molecular weight excluding hydrogens is 316 g/mol. The molecule has 4 rings (SSSR count). The Bertz CT molecular complexity index is 846. The van der Waals surface area contributed by atoms with Gasteiger partial charge < -0.3 is 9.72 Å². The van der Waals surface area contributed by atoms with Gasteiger partial charge in [-0.2, -0.15) is 0 Å². The number of rotatable bonds is 3. The second kappa shape index (κ2) is 5.35. The van der Waals surface area contributed by atoms with E-state index in [1.807, 2.05) is 0 Å². The number of amides is 1. The van der Waals surface area contributed by atoms with Crippen LogP contribution in [0.15, 0.2) is 35.4 Å². The van der Waals surface area contributed by atoms with Gasteiger partial charge in [-0.1, -0.05) is 0 Å². The smallest absolute Gasteiger partial charge is 0.264 e. The van der Waals surface area contributed by atoms with Crippen molar-refractivity contribution in [2.75, 3.05) is 0 Å². The first kappa shape index (κ1) is 14.7. The van der Waals surface area contributed by atoms with Gasteiger partial charge in [-0.15, -0.1) is 0 Å². The van der Waals surface area contributed by atoms with Crippen molar-refractivity contribution in [1.82, 2.24) is 9.71 Å². The first-order chi connectivity index (χ1) is 11.0. The molecule has 7 heteroatoms. The van der Waals surface area contributed by atoms with Crippen LogP contribution >= 0.6 is 0 Å². The number of nitrogens with one attached hydrogen (secondary N) is 2. The Morgan fingerprint density at radius 2 is 1.91 bits per heavy atom. The summed E-state index contributed by atoms with van der Waals surface area (Å²) in [5.74, 6) is -0.702. The number of hydrogen-bond acceptors (Lipinski definition) is 4. The number of ether oxygens (including phenoxy) is 1. The Balaban J connectivity index is 1.53. The van der Waals surface area contributed by atoms with Crippen LogP contribution in [-0.2, 0) is 19.6 Å². The van der Waals surface area contributed by atoms with Gasteiger partial charge in [0.15, 0.2) is 0 Å². The fourth-order valence-corrected chi connectivity index (χ4v) is 4.62. The molecule has 6 nitrogen and oxygen atoms in total. The van der Waals surface area contributed by atoms with Crippen molar-refractivity contribution < 1.29 is 17.9 Å². The summed E-state index contributed by atoms with van der Waals surface area (Å²) in [7, 11) is -3.85. The molecule has 1 aromatic heterocycles. The maximum Gasteiger partial charge on any atom is 0.264 e. The summed E-state index contributed by atoms with van der Waals surface area (Å²) in [6.45, 7) is 0. The van der Waals surface area contributed by atoms with Crippen LogP contribution in [0.3, 0.4) is 0 Å². The number of aromatic nitrogens is 1. The highest BCUT2D eigenvalue weighted by molar-refractivity contribution is 7.90. The lowest BCUT2D eigenvalue weighted by Gasteiger charge is -2.27. The van der Waals surface area contributed by atoms with E-state index < -0.39 is 15.9 Å². The minimum absolute atomic E-state index is 0.100. The van der Waals surface area contributed by atoms with Gasteiger partial charge in [0.25, 0.3) is 10.0 Å². The SMILES string of the molecule is O=C(NS(=O)(=O)c1ccc2[nH]ccc2c1)C1C[C@H]2CC[C@@H](C1)O2. The van der Waals surface area contributed by atoms with Gasteiger partial charge in [0.05, 0.1) is 17.1 Å². The van der Waals surface area contributed by atoms with Crippen LogP contribution in [0, 0.1) is 5.92 Å². The fourth-order valence-electron chi connectivity index (χ4n) is 3.55. The fraction of sp³-hybridized carbons (Fsp3) is 0.438. The summed E-state index contributed by atoms with van der Waals surface area (Å²) in [6.07, 6.45) is 5.09. The van der Waals surface area contributed by atoms with Gasteiger partial charge in [-0.05, 0) is 49.9 Å². The molecule has 3 heterocycles. The number of sulfonamides is 1. The lowest BCUT2D eigenvalue weighted by Crippen LogP contribution is -2.40. The first-order valence-electron chi connectivity index (χ1n) is 7.80. The zero-order valence-electron chi connectivity index (χ0n) is 12.5. The third kappa shape index (κ3) is 2.74. The molecule has 0 spiro atoms. The predicted octanol–water partition coefficient (Wildman–Crippen LogP) is 1.93. The van der Waals surface area contributed by atoms with Crippen molar-refractivity contribution in [3.63, 3.8) is 0 Å². The van der Waals surface area contributed by atoms with Crippen LogP contribution < -0.4 is 4.72 Å². The molecule has 2 aliphatic rings. The Kier molecular flexibility index (Phi) is 3.42. The highest BCUT2D eigenvalue weighted by atomic mass is 32.2. The molecule has 1 aromatic carbocycles. The molecule has 2 aliphatic heterocycles. The van der Waals surface area contributed by atoms with Crippen molar-refractivity contribution in [3.8, 4) is 0 Å². The van der Waals surface area contributed by atoms with E-state index in [0.717, 1.165) is 23.7 Å². The lowest BCUT2D eigenvalue weighted by molar-refractivity contribution is -0.128. The minimum atomic E-state index is -3.85. The normalized spacial score (nSPS) is 27.2. The third-order valence-electron chi connectivity index (χ3n) is 4.73. The van der Waals surface area contributed by atoms with Gasteiger partial charge in [-0.25, -0.2) is 13.1 Å². The minimum Gasteiger partial charge on any atom is -0.375 e. The van der Waals surface area contributed by atoms with Gasteiger partial charge in [0, 0.05) is 23.0 Å². The van der Waals surface area contributed by atoms with Crippen molar-refractivity contribution in [2.24, 2.45) is 5.92 Å². The Morgan fingerprint density at radius 1 is 1.17 bits per heavy atom. The van der Waals surface area contributed by atoms with Crippen molar-refractivity contribution >= 4 is 26.8 Å². The van der Waals surface area contributed by atoms with E-state index in [-0.39, 0.29) is 23.0 Å². The van der Waals surface area contributed by atoms with E-state index in [9.17, 15) is 13.2 Å². The molecule has 0 radical (unpaired) electrons. The van der Waals surface area contributed by atoms with E-state index in [1.54, 1.807) is 24.4 Å². The standard InChI is InChI=1S/C16H18N2O4S/c19-16(11-7-12-1-2-13(8-11)22-12)18-23(20,21)14-3-4-15-10(9-14)5-6-17-15/h3-6,9,11-13,17H,1-2,7-8H2,(H,18,19)/t11?,12-,13+. The largest absolute Gasteiger partial charge is 0.375 e. The van der Waals surface area contributed by atoms with E-state index in [0.29, 0.717) is 12.8 Å². The molecule has 2 saturated heterocycles. The average molecular weight is 334 g/mol. The first-order valence-corrected chi connectivity index (χ1v) is 9.29. The third-order valence-corrected chi connectivity index (χ3v) is 6.08. The summed E-state index contributed by atoms with van der Waals surface area (Å²) in [4.78, 5) is 15.5. The highest BCUT2D eigenvalue weighted by Crippen LogP contribution is 2.36. The van der Waals surface area contributed by atoms with E-state index in [4.69, 9.17) is 4.74 Å². The average Bonchev–Trinajstić information content (AvgIpc) is 3.12. The number of fused-ring (bicyclic) bond motifs is 3. The van der Waals surface area contributed by atoms with Crippen LogP contribution in [-0.4, -0.2) is 31.5 Å². The highest BCUT2D eigenvalue weighted by Gasteiger charge is 2.39. The van der Waals surface area contributed by atoms with Crippen molar-refractivity contribution in [2.45, 2.75) is 42.8 Å². The van der Waals surface area contributed by atoms with Crippen LogP contribution in [0.4, 0.5) is 0 Å². The molecule has 2 fully saturated rings. The monoisotopic (exact) mass is 334 g/mol. The topological polar surface area (TPSA) is 88.3 Å². The molecule has 122 valence electrons. The van der Waals surface area contributed by atoms with Crippen LogP contribution in [0.2, 0.25) is 0 Å². The molecular formula is C16H18N2O4S. The number of H-pyrrole nitrogens is 1. The molecule has 1 amide bonds. The zero-order valence-corrected chi connectivity index (χ0v) is 13.3. The Labute approximate surface area is 134 Å². The Morgan fingerprint density at radius 3 is 2.65 bits per heavy atom. The second-order valence-corrected chi connectivity index (χ2v) is 8.00. The molecule has 2 aromatic rings. The van der Waals surface area contributed by atoms with Gasteiger partial charge in [-0.3, -0.25) is 4.79 Å². The molecule has 0 saturated carbocycles. The number of hydrogen-bond donors (Lipinski definition) is 2. The van der Waals surface area contributed by atoms with E-state index in [2.05, 4.69) is 9.71 Å². The van der Waals surface area contributed by atoms with Gasteiger partial charge >= 0.3 is 0 Å². The van der Waals surface area contributed by atoms with Gasteiger partial charge in [0.2, 0.25) is 5.91 Å². The van der Waals surface area contributed by atoms with Crippen molar-refractivity contribution in [3.05, 3.63) is 30.5 Å². The van der Waals surface area contributed by atoms with Crippen LogP contribution in [0.5, 0.6) is 0 Å². The molecule has 0 aliphatic carbocycles. The molecule has 1 unspecified atom stereocenters. The number of benzene rings is 1. The summed E-state index contributed by atoms with van der Waals surface area (Å²) in [5, 5.41) is 0.796. The van der Waals surface area contributed by atoms with E-state index in [1.165, 1.54) is 6.07 Å². The molecule has 23 heavy (non-hydrogen) atoms. The Hall–Kier alpha value is -1.86. The number of carbonyl (C=O) groups excluding carboxylic acids is 1. The maximum absolute atomic E-state index is 12.5. The second-order valence-electron chi connectivity index (χ2n) is 6.32. The number of aromatic amines is 1. The summed E-state index contributed by atoms with van der Waals surface area (Å²) in [5.41, 5.74) is 0.858. The molecule has 2 N–H and O–H groups in total. The quantitative estimate of drug-likeness (QED) is 0.898. The summed E-state index contributed by atoms with van der Waals surface area (Å²) >= 11 is 0. The molecule has 2 bridgehead atoms. The summed E-state index contributed by atoms with van der Waals surface area (Å²) in [6, 6.07) is 6.56. The van der Waals surface area contributed by atoms with E-state index >= 15 is 0 Å². The molecule has 3 atom stereocenters. The maximum atomic E-state index is 12.5. The van der Waals surface area contributed by atoms with Crippen LogP contribution in [0.1, 0.15) is 25.7 Å². The lowest BCUT2D eigenvalue weighted by atomic mass is 9.95. The van der Waals surface area contributed by atoms with Crippen LogP contribution in [0.25, 0.3) is 10.9 Å². The zero-order chi connectivity index (χ0) is 16.0.